The Morgan fingerprint density at radius 3 is 1.96 bits per heavy atom. The maximum atomic E-state index is 12.2. The molecule has 0 unspecified atom stereocenters. The zero-order valence-electron chi connectivity index (χ0n) is 13.6. The molecule has 0 bridgehead atoms. The van der Waals surface area contributed by atoms with Gasteiger partial charge in [-0.1, -0.05) is 40.2 Å². The topological polar surface area (TPSA) is 88.5 Å². The van der Waals surface area contributed by atoms with Crippen LogP contribution in [0, 0.1) is 0 Å². The molecule has 0 spiro atoms. The van der Waals surface area contributed by atoms with Gasteiger partial charge in [-0.3, -0.25) is 9.59 Å². The van der Waals surface area contributed by atoms with Crippen LogP contribution in [0.15, 0.2) is 53.0 Å². The maximum Gasteiger partial charge on any atom is 0.416 e. The van der Waals surface area contributed by atoms with Crippen LogP contribution in [0.1, 0.15) is 21.5 Å². The number of aliphatic carboxylic acids is 1. The summed E-state index contributed by atoms with van der Waals surface area (Å²) in [7, 11) is -3.86. The van der Waals surface area contributed by atoms with E-state index in [0.29, 0.717) is 5.56 Å². The van der Waals surface area contributed by atoms with Crippen molar-refractivity contribution in [3.63, 3.8) is 0 Å². The molecule has 2 aromatic rings. The highest BCUT2D eigenvalue weighted by molar-refractivity contribution is 9.10. The fourth-order valence-corrected chi connectivity index (χ4v) is 3.27. The molecule has 0 aliphatic rings. The highest BCUT2D eigenvalue weighted by atomic mass is 79.9. The van der Waals surface area contributed by atoms with Crippen molar-refractivity contribution in [2.75, 3.05) is 5.75 Å². The van der Waals surface area contributed by atoms with E-state index >= 15 is 0 Å². The van der Waals surface area contributed by atoms with Gasteiger partial charge in [0.25, 0.3) is 0 Å². The van der Waals surface area contributed by atoms with Gasteiger partial charge >= 0.3 is 12.1 Å². The molecular formula is C17H14BrF3O5S. The Kier molecular flexibility index (Phi) is 8.17. The number of hydrogen-bond donors (Lipinski definition) is 1. The highest BCUT2D eigenvalue weighted by Crippen LogP contribution is 2.29. The molecule has 2 aromatic carbocycles. The summed E-state index contributed by atoms with van der Waals surface area (Å²) in [5.74, 6) is -3.15. The van der Waals surface area contributed by atoms with E-state index in [1.54, 1.807) is 12.1 Å². The fraction of sp³-hybridized carbons (Fsp3) is 0.176. The van der Waals surface area contributed by atoms with Gasteiger partial charge in [0.05, 0.1) is 11.3 Å². The first-order valence-corrected chi connectivity index (χ1v) is 9.83. The number of carboxylic acids is 1. The number of carboxylic acid groups (broad SMARTS) is 1. The highest BCUT2D eigenvalue weighted by Gasteiger charge is 2.30. The Morgan fingerprint density at radius 1 is 1.04 bits per heavy atom. The van der Waals surface area contributed by atoms with Gasteiger partial charge in [-0.25, -0.2) is 8.42 Å². The van der Waals surface area contributed by atoms with E-state index in [1.807, 2.05) is 12.1 Å². The minimum absolute atomic E-state index is 0.115. The molecule has 0 aliphatic carbocycles. The van der Waals surface area contributed by atoms with E-state index in [4.69, 9.17) is 5.11 Å². The van der Waals surface area contributed by atoms with Crippen LogP contribution in [0.3, 0.4) is 0 Å². The minimum Gasteiger partial charge on any atom is -0.480 e. The second-order valence-corrected chi connectivity index (χ2v) is 8.27. The number of benzene rings is 2. The van der Waals surface area contributed by atoms with Gasteiger partial charge in [-0.2, -0.15) is 13.2 Å². The lowest BCUT2D eigenvalue weighted by molar-refractivity contribution is -0.137. The molecule has 10 heteroatoms. The number of carbonyl (C=O) groups is 2. The summed E-state index contributed by atoms with van der Waals surface area (Å²) in [6.07, 6.45) is -3.66. The van der Waals surface area contributed by atoms with Crippen molar-refractivity contribution in [1.82, 2.24) is 0 Å². The molecule has 2 rings (SSSR count). The number of alkyl halides is 3. The quantitative estimate of drug-likeness (QED) is 0.673. The molecule has 0 saturated heterocycles. The first kappa shape index (κ1) is 22.8. The van der Waals surface area contributed by atoms with E-state index in [2.05, 4.69) is 15.9 Å². The number of hydrogen-bond acceptors (Lipinski definition) is 4. The van der Waals surface area contributed by atoms with Crippen LogP contribution in [0.5, 0.6) is 0 Å². The molecule has 0 radical (unpaired) electrons. The number of carbonyl (C=O) groups excluding carboxylic acids is 1. The van der Waals surface area contributed by atoms with Gasteiger partial charge in [0.15, 0.2) is 9.84 Å². The third-order valence-electron chi connectivity index (χ3n) is 3.02. The molecule has 0 aromatic heterocycles. The minimum atomic E-state index is -4.49. The summed E-state index contributed by atoms with van der Waals surface area (Å²) >= 11 is 3.26. The van der Waals surface area contributed by atoms with Crippen molar-refractivity contribution in [2.45, 2.75) is 11.9 Å². The average Bonchev–Trinajstić information content (AvgIpc) is 2.54. The number of sulfone groups is 1. The number of rotatable bonds is 5. The van der Waals surface area contributed by atoms with Gasteiger partial charge in [-0.15, -0.1) is 0 Å². The van der Waals surface area contributed by atoms with Gasteiger partial charge in [0, 0.05) is 10.0 Å². The van der Waals surface area contributed by atoms with Crippen molar-refractivity contribution < 1.29 is 36.3 Å². The molecular weight excluding hydrogens is 453 g/mol. The zero-order chi connectivity index (χ0) is 20.7. The predicted molar refractivity (Wildman–Crippen MR) is 96.1 cm³/mol. The van der Waals surface area contributed by atoms with Crippen LogP contribution in [0.25, 0.3) is 0 Å². The van der Waals surface area contributed by atoms with E-state index < -0.39 is 39.1 Å². The van der Waals surface area contributed by atoms with Gasteiger partial charge < -0.3 is 5.11 Å². The Hall–Kier alpha value is -2.20. The lowest BCUT2D eigenvalue weighted by Gasteiger charge is -2.07. The summed E-state index contributed by atoms with van der Waals surface area (Å²) in [5, 5.41) is 8.35. The summed E-state index contributed by atoms with van der Waals surface area (Å²) in [4.78, 5) is 20.4. The molecule has 146 valence electrons. The van der Waals surface area contributed by atoms with Crippen molar-refractivity contribution in [1.29, 1.82) is 0 Å². The summed E-state index contributed by atoms with van der Waals surface area (Å²) in [5.41, 5.74) is -0.0654. The van der Waals surface area contributed by atoms with Crippen LogP contribution in [-0.4, -0.2) is 31.5 Å². The third-order valence-corrected chi connectivity index (χ3v) is 5.01. The molecule has 0 heterocycles. The SMILES string of the molecule is O=C(O)CS(=O)(=O)Cc1ccc(C(F)(F)F)cc1.O=Cc1ccc(Br)cc1. The van der Waals surface area contributed by atoms with Crippen molar-refractivity contribution in [2.24, 2.45) is 0 Å². The Labute approximate surface area is 161 Å². The summed E-state index contributed by atoms with van der Waals surface area (Å²) in [6, 6.07) is 10.7. The first-order valence-electron chi connectivity index (χ1n) is 7.22. The van der Waals surface area contributed by atoms with Crippen molar-refractivity contribution in [3.8, 4) is 0 Å². The Bertz CT molecular complexity index is 876. The van der Waals surface area contributed by atoms with E-state index in [1.165, 1.54) is 0 Å². The molecule has 5 nitrogen and oxygen atoms in total. The van der Waals surface area contributed by atoms with Crippen molar-refractivity contribution >= 4 is 38.0 Å². The smallest absolute Gasteiger partial charge is 0.416 e. The fourth-order valence-electron chi connectivity index (χ4n) is 1.82. The molecule has 0 aliphatic heterocycles. The standard InChI is InChI=1S/C10H9F3O4S.C7H5BrO/c11-10(12,13)8-3-1-7(2-4-8)5-18(16,17)6-9(14)15;8-7-3-1-6(5-9)2-4-7/h1-4H,5-6H2,(H,14,15);1-5H. The number of aldehydes is 1. The third kappa shape index (κ3) is 8.83. The molecule has 0 atom stereocenters. The van der Waals surface area contributed by atoms with Crippen LogP contribution < -0.4 is 0 Å². The zero-order valence-corrected chi connectivity index (χ0v) is 16.0. The lowest BCUT2D eigenvalue weighted by atomic mass is 10.1. The lowest BCUT2D eigenvalue weighted by Crippen LogP contribution is -2.17. The second-order valence-electron chi connectivity index (χ2n) is 5.29. The molecule has 27 heavy (non-hydrogen) atoms. The second kappa shape index (κ2) is 9.65. The summed E-state index contributed by atoms with van der Waals surface area (Å²) in [6.45, 7) is 0. The molecule has 0 fully saturated rings. The number of halogens is 4. The van der Waals surface area contributed by atoms with E-state index in [-0.39, 0.29) is 5.56 Å². The molecule has 0 saturated carbocycles. The normalized spacial score (nSPS) is 11.3. The van der Waals surface area contributed by atoms with Gasteiger partial charge in [0.1, 0.15) is 12.0 Å². The first-order chi connectivity index (χ1) is 12.4. The molecule has 1 N–H and O–H groups in total. The van der Waals surface area contributed by atoms with Crippen LogP contribution in [0.2, 0.25) is 0 Å². The van der Waals surface area contributed by atoms with E-state index in [9.17, 15) is 31.2 Å². The maximum absolute atomic E-state index is 12.2. The van der Waals surface area contributed by atoms with Crippen LogP contribution >= 0.6 is 15.9 Å². The monoisotopic (exact) mass is 466 g/mol. The van der Waals surface area contributed by atoms with Crippen LogP contribution in [-0.2, 0) is 26.6 Å². The predicted octanol–water partition coefficient (Wildman–Crippen LogP) is 3.97. The van der Waals surface area contributed by atoms with E-state index in [0.717, 1.165) is 35.0 Å². The Morgan fingerprint density at radius 2 is 1.56 bits per heavy atom. The van der Waals surface area contributed by atoms with Gasteiger partial charge in [0.2, 0.25) is 0 Å². The summed E-state index contributed by atoms with van der Waals surface area (Å²) < 4.78 is 60.3. The largest absolute Gasteiger partial charge is 0.480 e. The average molecular weight is 467 g/mol. The van der Waals surface area contributed by atoms with Gasteiger partial charge in [-0.05, 0) is 29.8 Å². The van der Waals surface area contributed by atoms with Crippen LogP contribution in [0.4, 0.5) is 13.2 Å². The van der Waals surface area contributed by atoms with Crippen molar-refractivity contribution in [3.05, 3.63) is 69.7 Å². The Balaban J connectivity index is 0.000000337. The molecule has 0 amide bonds.